The zero-order valence-corrected chi connectivity index (χ0v) is 12.9. The zero-order valence-electron chi connectivity index (χ0n) is 12.9. The second-order valence-corrected chi connectivity index (χ2v) is 5.93. The number of hydrogen-bond donors (Lipinski definition) is 1. The van der Waals surface area contributed by atoms with Crippen LogP contribution in [0, 0.1) is 13.8 Å². The first-order valence-electron chi connectivity index (χ1n) is 7.70. The Balaban J connectivity index is 1.99. The Morgan fingerprint density at radius 2 is 1.80 bits per heavy atom. The monoisotopic (exact) mass is 274 g/mol. The molecule has 0 spiro atoms. The Morgan fingerprint density at radius 3 is 2.40 bits per heavy atom. The molecule has 1 unspecified atom stereocenters. The maximum absolute atomic E-state index is 12.4. The number of carbonyl (C=O) groups is 1. The van der Waals surface area contributed by atoms with E-state index < -0.39 is 0 Å². The maximum Gasteiger partial charge on any atom is 0.241 e. The summed E-state index contributed by atoms with van der Waals surface area (Å²) in [6.45, 7) is 8.21. The lowest BCUT2D eigenvalue weighted by atomic mass is 10.1. The molecule has 3 nitrogen and oxygen atoms in total. The molecule has 0 bridgehead atoms. The third-order valence-electron chi connectivity index (χ3n) is 4.21. The third kappa shape index (κ3) is 3.83. The van der Waals surface area contributed by atoms with Gasteiger partial charge in [0.25, 0.3) is 0 Å². The van der Waals surface area contributed by atoms with E-state index in [2.05, 4.69) is 23.2 Å². The van der Waals surface area contributed by atoms with E-state index in [-0.39, 0.29) is 11.9 Å². The average molecular weight is 274 g/mol. The molecule has 1 heterocycles. The summed E-state index contributed by atoms with van der Waals surface area (Å²) in [5.74, 6) is 0.110. The summed E-state index contributed by atoms with van der Waals surface area (Å²) in [5, 5.41) is 3.07. The molecule has 0 radical (unpaired) electrons. The molecule has 1 aromatic carbocycles. The molecular formula is C17H26N2O. The van der Waals surface area contributed by atoms with Gasteiger partial charge in [0.1, 0.15) is 0 Å². The SMILES string of the molecule is Cc1ccc(NC(=O)C(C)N2CCCCCC2)c(C)c1. The normalized spacial score (nSPS) is 18.4. The van der Waals surface area contributed by atoms with Crippen molar-refractivity contribution in [2.75, 3.05) is 18.4 Å². The standard InChI is InChI=1S/C17H26N2O/c1-13-8-9-16(14(2)12-13)18-17(20)15(3)19-10-6-4-5-7-11-19/h8-9,12,15H,4-7,10-11H2,1-3H3,(H,18,20). The molecule has 1 N–H and O–H groups in total. The molecule has 1 aliphatic heterocycles. The highest BCUT2D eigenvalue weighted by Crippen LogP contribution is 2.18. The molecule has 1 fully saturated rings. The summed E-state index contributed by atoms with van der Waals surface area (Å²) in [7, 11) is 0. The summed E-state index contributed by atoms with van der Waals surface area (Å²) in [6, 6.07) is 6.09. The summed E-state index contributed by atoms with van der Waals surface area (Å²) < 4.78 is 0. The van der Waals surface area contributed by atoms with Crippen LogP contribution in [0.5, 0.6) is 0 Å². The Bertz CT molecular complexity index is 462. The van der Waals surface area contributed by atoms with Gasteiger partial charge in [-0.2, -0.15) is 0 Å². The van der Waals surface area contributed by atoms with Crippen molar-refractivity contribution in [2.45, 2.75) is 52.5 Å². The van der Waals surface area contributed by atoms with Gasteiger partial charge >= 0.3 is 0 Å². The molecule has 20 heavy (non-hydrogen) atoms. The molecule has 1 aromatic rings. The van der Waals surface area contributed by atoms with Crippen LogP contribution in [-0.2, 0) is 4.79 Å². The molecule has 0 aliphatic carbocycles. The van der Waals surface area contributed by atoms with Gasteiger partial charge in [-0.05, 0) is 58.3 Å². The topological polar surface area (TPSA) is 32.3 Å². The minimum atomic E-state index is -0.0474. The zero-order chi connectivity index (χ0) is 14.5. The molecule has 1 aliphatic rings. The van der Waals surface area contributed by atoms with Crippen LogP contribution < -0.4 is 5.32 Å². The molecule has 110 valence electrons. The minimum Gasteiger partial charge on any atom is -0.324 e. The van der Waals surface area contributed by atoms with E-state index in [1.807, 2.05) is 26.0 Å². The third-order valence-corrected chi connectivity index (χ3v) is 4.21. The fraction of sp³-hybridized carbons (Fsp3) is 0.588. The number of carbonyl (C=O) groups excluding carboxylic acids is 1. The molecule has 3 heteroatoms. The fourth-order valence-electron chi connectivity index (χ4n) is 2.84. The van der Waals surface area contributed by atoms with Gasteiger partial charge in [0.15, 0.2) is 0 Å². The Kier molecular flexibility index (Phi) is 5.18. The van der Waals surface area contributed by atoms with E-state index in [1.165, 1.54) is 31.2 Å². The lowest BCUT2D eigenvalue weighted by Gasteiger charge is -2.26. The first kappa shape index (κ1) is 15.0. The number of benzene rings is 1. The molecular weight excluding hydrogens is 248 g/mol. The highest BCUT2D eigenvalue weighted by atomic mass is 16.2. The Hall–Kier alpha value is -1.35. The number of nitrogens with one attached hydrogen (secondary N) is 1. The van der Waals surface area contributed by atoms with Gasteiger partial charge in [0.2, 0.25) is 5.91 Å². The van der Waals surface area contributed by atoms with E-state index in [0.717, 1.165) is 24.3 Å². The lowest BCUT2D eigenvalue weighted by Crippen LogP contribution is -2.42. The van der Waals surface area contributed by atoms with Crippen molar-refractivity contribution in [3.63, 3.8) is 0 Å². The van der Waals surface area contributed by atoms with Crippen LogP contribution in [0.25, 0.3) is 0 Å². The number of aryl methyl sites for hydroxylation is 2. The van der Waals surface area contributed by atoms with E-state index >= 15 is 0 Å². The molecule has 1 saturated heterocycles. The van der Waals surface area contributed by atoms with Crippen LogP contribution in [0.4, 0.5) is 5.69 Å². The maximum atomic E-state index is 12.4. The van der Waals surface area contributed by atoms with Crippen LogP contribution in [0.15, 0.2) is 18.2 Å². The largest absolute Gasteiger partial charge is 0.324 e. The number of nitrogens with zero attached hydrogens (tertiary/aromatic N) is 1. The predicted molar refractivity (Wildman–Crippen MR) is 84.0 cm³/mol. The predicted octanol–water partition coefficient (Wildman–Crippen LogP) is 3.51. The van der Waals surface area contributed by atoms with Gasteiger partial charge in [0.05, 0.1) is 6.04 Å². The van der Waals surface area contributed by atoms with Crippen molar-refractivity contribution in [1.82, 2.24) is 4.90 Å². The summed E-state index contributed by atoms with van der Waals surface area (Å²) in [6.07, 6.45) is 5.01. The van der Waals surface area contributed by atoms with Gasteiger partial charge < -0.3 is 5.32 Å². The fourth-order valence-corrected chi connectivity index (χ4v) is 2.84. The molecule has 0 saturated carbocycles. The number of anilines is 1. The summed E-state index contributed by atoms with van der Waals surface area (Å²) in [5.41, 5.74) is 3.28. The number of rotatable bonds is 3. The van der Waals surface area contributed by atoms with Crippen molar-refractivity contribution < 1.29 is 4.79 Å². The van der Waals surface area contributed by atoms with Crippen molar-refractivity contribution in [1.29, 1.82) is 0 Å². The van der Waals surface area contributed by atoms with Gasteiger partial charge in [-0.15, -0.1) is 0 Å². The van der Waals surface area contributed by atoms with Crippen LogP contribution >= 0.6 is 0 Å². The van der Waals surface area contributed by atoms with Crippen LogP contribution in [-0.4, -0.2) is 29.9 Å². The van der Waals surface area contributed by atoms with Gasteiger partial charge in [-0.3, -0.25) is 9.69 Å². The van der Waals surface area contributed by atoms with Crippen LogP contribution in [0.1, 0.15) is 43.7 Å². The molecule has 2 rings (SSSR count). The first-order valence-corrected chi connectivity index (χ1v) is 7.70. The Labute approximate surface area is 122 Å². The highest BCUT2D eigenvalue weighted by Gasteiger charge is 2.22. The molecule has 0 aromatic heterocycles. The lowest BCUT2D eigenvalue weighted by molar-refractivity contribution is -0.120. The Morgan fingerprint density at radius 1 is 1.15 bits per heavy atom. The molecule has 1 amide bonds. The smallest absolute Gasteiger partial charge is 0.241 e. The number of amides is 1. The summed E-state index contributed by atoms with van der Waals surface area (Å²) >= 11 is 0. The van der Waals surface area contributed by atoms with Crippen LogP contribution in [0.2, 0.25) is 0 Å². The second kappa shape index (κ2) is 6.89. The van der Waals surface area contributed by atoms with Crippen molar-refractivity contribution >= 4 is 11.6 Å². The average Bonchev–Trinajstić information content (AvgIpc) is 2.70. The first-order chi connectivity index (χ1) is 9.58. The quantitative estimate of drug-likeness (QED) is 0.915. The van der Waals surface area contributed by atoms with Crippen molar-refractivity contribution in [2.24, 2.45) is 0 Å². The van der Waals surface area contributed by atoms with Crippen molar-refractivity contribution in [3.8, 4) is 0 Å². The number of hydrogen-bond acceptors (Lipinski definition) is 2. The van der Waals surface area contributed by atoms with Crippen LogP contribution in [0.3, 0.4) is 0 Å². The highest BCUT2D eigenvalue weighted by molar-refractivity contribution is 5.95. The second-order valence-electron chi connectivity index (χ2n) is 5.93. The van der Waals surface area contributed by atoms with E-state index in [1.54, 1.807) is 0 Å². The van der Waals surface area contributed by atoms with Crippen molar-refractivity contribution in [3.05, 3.63) is 29.3 Å². The van der Waals surface area contributed by atoms with Gasteiger partial charge in [-0.25, -0.2) is 0 Å². The minimum absolute atomic E-state index is 0.0474. The number of likely N-dealkylation sites (tertiary alicyclic amines) is 1. The molecule has 1 atom stereocenters. The van der Waals surface area contributed by atoms with Gasteiger partial charge in [-0.1, -0.05) is 30.5 Å². The van der Waals surface area contributed by atoms with Gasteiger partial charge in [0, 0.05) is 5.69 Å². The summed E-state index contributed by atoms with van der Waals surface area (Å²) in [4.78, 5) is 14.7. The van der Waals surface area contributed by atoms with E-state index in [4.69, 9.17) is 0 Å². The van der Waals surface area contributed by atoms with E-state index in [0.29, 0.717) is 0 Å². The van der Waals surface area contributed by atoms with E-state index in [9.17, 15) is 4.79 Å².